The summed E-state index contributed by atoms with van der Waals surface area (Å²) in [6.07, 6.45) is 4.86. The second-order valence-corrected chi connectivity index (χ2v) is 6.28. The van der Waals surface area contributed by atoms with Crippen LogP contribution in [0.2, 0.25) is 0 Å². The van der Waals surface area contributed by atoms with Crippen LogP contribution in [0.5, 0.6) is 0 Å². The molecule has 2 aromatic heterocycles. The number of aryl methyl sites for hydroxylation is 1. The van der Waals surface area contributed by atoms with Crippen molar-refractivity contribution in [2.45, 2.75) is 13.5 Å². The zero-order valence-electron chi connectivity index (χ0n) is 13.5. The van der Waals surface area contributed by atoms with E-state index in [1.807, 2.05) is 37.3 Å². The molecule has 0 aliphatic rings. The Labute approximate surface area is 153 Å². The predicted molar refractivity (Wildman–Crippen MR) is 100 cm³/mol. The second-order valence-electron chi connectivity index (χ2n) is 5.42. The van der Waals surface area contributed by atoms with Gasteiger partial charge in [-0.3, -0.25) is 9.78 Å². The maximum atomic E-state index is 12.4. The first-order valence-electron chi connectivity index (χ1n) is 7.64. The molecule has 0 spiro atoms. The van der Waals surface area contributed by atoms with E-state index >= 15 is 0 Å². The summed E-state index contributed by atoms with van der Waals surface area (Å²) in [5.74, 6) is 0.289. The monoisotopic (exact) mass is 397 g/mol. The molecule has 3 aromatic rings. The van der Waals surface area contributed by atoms with E-state index in [1.54, 1.807) is 18.5 Å². The summed E-state index contributed by atoms with van der Waals surface area (Å²) in [6.45, 7) is 2.55. The number of pyridine rings is 1. The highest BCUT2D eigenvalue weighted by Crippen LogP contribution is 2.21. The molecule has 1 amide bonds. The fourth-order valence-corrected chi connectivity index (χ4v) is 2.52. The predicted octanol–water partition coefficient (Wildman–Crippen LogP) is 3.81. The maximum Gasteiger partial charge on any atom is 0.274 e. The van der Waals surface area contributed by atoms with Crippen LogP contribution < -0.4 is 10.6 Å². The van der Waals surface area contributed by atoms with Crippen LogP contribution in [-0.4, -0.2) is 20.9 Å². The van der Waals surface area contributed by atoms with Crippen LogP contribution in [0.3, 0.4) is 0 Å². The molecule has 3 rings (SSSR count). The van der Waals surface area contributed by atoms with E-state index in [9.17, 15) is 4.79 Å². The molecule has 0 aliphatic carbocycles. The first-order valence-corrected chi connectivity index (χ1v) is 8.43. The van der Waals surface area contributed by atoms with E-state index in [4.69, 9.17) is 0 Å². The van der Waals surface area contributed by atoms with Crippen LogP contribution in [0, 0.1) is 6.92 Å². The number of nitrogens with one attached hydrogen (secondary N) is 2. The highest BCUT2D eigenvalue weighted by Gasteiger charge is 2.10. The lowest BCUT2D eigenvalue weighted by atomic mass is 10.2. The molecule has 25 heavy (non-hydrogen) atoms. The first-order chi connectivity index (χ1) is 12.1. The van der Waals surface area contributed by atoms with Crippen LogP contribution in [0.4, 0.5) is 11.5 Å². The number of carbonyl (C=O) groups is 1. The minimum atomic E-state index is -0.289. The first kappa shape index (κ1) is 17.0. The minimum Gasteiger partial charge on any atom is -0.366 e. The summed E-state index contributed by atoms with van der Waals surface area (Å²) >= 11 is 3.45. The molecular formula is C18H16BrN5O. The second kappa shape index (κ2) is 7.85. The summed E-state index contributed by atoms with van der Waals surface area (Å²) in [5.41, 5.74) is 3.12. The Balaban J connectivity index is 1.67. The standard InChI is InChI=1S/C18H16BrN5O/c1-12-4-5-14(7-15(12)19)24-18(25)16-8-17(23-11-22-16)21-10-13-3-2-6-20-9-13/h2-9,11H,10H2,1H3,(H,24,25)(H,21,22,23). The molecule has 0 unspecified atom stereocenters. The van der Waals surface area contributed by atoms with Crippen LogP contribution in [0.15, 0.2) is 59.6 Å². The van der Waals surface area contributed by atoms with Gasteiger partial charge in [0.25, 0.3) is 5.91 Å². The molecule has 0 saturated heterocycles. The number of nitrogens with zero attached hydrogens (tertiary/aromatic N) is 3. The summed E-state index contributed by atoms with van der Waals surface area (Å²) in [6, 6.07) is 11.1. The van der Waals surface area contributed by atoms with E-state index in [0.29, 0.717) is 23.7 Å². The molecule has 126 valence electrons. The van der Waals surface area contributed by atoms with Gasteiger partial charge in [-0.25, -0.2) is 9.97 Å². The molecule has 0 bridgehead atoms. The van der Waals surface area contributed by atoms with Crippen molar-refractivity contribution in [3.05, 3.63) is 76.4 Å². The molecule has 0 fully saturated rings. The van der Waals surface area contributed by atoms with Crippen molar-refractivity contribution in [3.8, 4) is 0 Å². The Morgan fingerprint density at radius 2 is 2.08 bits per heavy atom. The average molecular weight is 398 g/mol. The number of rotatable bonds is 5. The van der Waals surface area contributed by atoms with Gasteiger partial charge in [-0.2, -0.15) is 0 Å². The Hall–Kier alpha value is -2.80. The normalized spacial score (nSPS) is 10.3. The molecule has 2 N–H and O–H groups in total. The third kappa shape index (κ3) is 4.60. The highest BCUT2D eigenvalue weighted by atomic mass is 79.9. The quantitative estimate of drug-likeness (QED) is 0.684. The fourth-order valence-electron chi connectivity index (χ4n) is 2.14. The van der Waals surface area contributed by atoms with E-state index in [0.717, 1.165) is 15.6 Å². The van der Waals surface area contributed by atoms with Crippen molar-refractivity contribution in [2.24, 2.45) is 0 Å². The number of amides is 1. The Bertz CT molecular complexity index is 886. The van der Waals surface area contributed by atoms with Gasteiger partial charge in [0.1, 0.15) is 17.8 Å². The number of hydrogen-bond donors (Lipinski definition) is 2. The topological polar surface area (TPSA) is 79.8 Å². The molecule has 1 aromatic carbocycles. The van der Waals surface area contributed by atoms with Gasteiger partial charge in [-0.1, -0.05) is 28.1 Å². The van der Waals surface area contributed by atoms with E-state index in [-0.39, 0.29) is 5.91 Å². The van der Waals surface area contributed by atoms with Gasteiger partial charge >= 0.3 is 0 Å². The number of hydrogen-bond acceptors (Lipinski definition) is 5. The average Bonchev–Trinajstić information content (AvgIpc) is 2.64. The number of benzene rings is 1. The number of aromatic nitrogens is 3. The summed E-state index contributed by atoms with van der Waals surface area (Å²) in [5, 5.41) is 5.99. The lowest BCUT2D eigenvalue weighted by Crippen LogP contribution is -2.14. The van der Waals surface area contributed by atoms with Gasteiger partial charge in [0.15, 0.2) is 0 Å². The van der Waals surface area contributed by atoms with Gasteiger partial charge < -0.3 is 10.6 Å². The number of halogens is 1. The molecule has 0 saturated carbocycles. The largest absolute Gasteiger partial charge is 0.366 e. The van der Waals surface area contributed by atoms with Crippen molar-refractivity contribution >= 4 is 33.3 Å². The van der Waals surface area contributed by atoms with Crippen LogP contribution in [-0.2, 0) is 6.54 Å². The third-order valence-electron chi connectivity index (χ3n) is 3.53. The zero-order valence-corrected chi connectivity index (χ0v) is 15.1. The van der Waals surface area contributed by atoms with Crippen molar-refractivity contribution in [2.75, 3.05) is 10.6 Å². The molecule has 0 radical (unpaired) electrons. The van der Waals surface area contributed by atoms with Crippen molar-refractivity contribution in [3.63, 3.8) is 0 Å². The minimum absolute atomic E-state index is 0.289. The summed E-state index contributed by atoms with van der Waals surface area (Å²) in [4.78, 5) is 24.6. The SMILES string of the molecule is Cc1ccc(NC(=O)c2cc(NCc3cccnc3)ncn2)cc1Br. The molecule has 2 heterocycles. The summed E-state index contributed by atoms with van der Waals surface area (Å²) < 4.78 is 0.937. The smallest absolute Gasteiger partial charge is 0.274 e. The summed E-state index contributed by atoms with van der Waals surface area (Å²) in [7, 11) is 0. The highest BCUT2D eigenvalue weighted by molar-refractivity contribution is 9.10. The number of anilines is 2. The van der Waals surface area contributed by atoms with Crippen LogP contribution in [0.1, 0.15) is 21.6 Å². The molecule has 7 heteroatoms. The van der Waals surface area contributed by atoms with Gasteiger partial charge in [-0.05, 0) is 36.2 Å². The molecule has 0 atom stereocenters. The lowest BCUT2D eigenvalue weighted by Gasteiger charge is -2.08. The fraction of sp³-hybridized carbons (Fsp3) is 0.111. The van der Waals surface area contributed by atoms with E-state index in [1.165, 1.54) is 6.33 Å². The van der Waals surface area contributed by atoms with Crippen LogP contribution >= 0.6 is 15.9 Å². The van der Waals surface area contributed by atoms with Gasteiger partial charge in [0, 0.05) is 35.2 Å². The van der Waals surface area contributed by atoms with E-state index in [2.05, 4.69) is 41.5 Å². The van der Waals surface area contributed by atoms with Crippen molar-refractivity contribution in [1.29, 1.82) is 0 Å². The molecule has 0 aliphatic heterocycles. The Kier molecular flexibility index (Phi) is 5.35. The van der Waals surface area contributed by atoms with Gasteiger partial charge in [-0.15, -0.1) is 0 Å². The van der Waals surface area contributed by atoms with E-state index < -0.39 is 0 Å². The number of carbonyl (C=O) groups excluding carboxylic acids is 1. The maximum absolute atomic E-state index is 12.4. The Morgan fingerprint density at radius 1 is 1.20 bits per heavy atom. The molecule has 6 nitrogen and oxygen atoms in total. The Morgan fingerprint density at radius 3 is 2.84 bits per heavy atom. The van der Waals surface area contributed by atoms with Crippen LogP contribution in [0.25, 0.3) is 0 Å². The van der Waals surface area contributed by atoms with Crippen molar-refractivity contribution in [1.82, 2.24) is 15.0 Å². The van der Waals surface area contributed by atoms with Crippen molar-refractivity contribution < 1.29 is 4.79 Å². The lowest BCUT2D eigenvalue weighted by molar-refractivity contribution is 0.102. The zero-order chi connectivity index (χ0) is 17.6. The van der Waals surface area contributed by atoms with Gasteiger partial charge in [0.05, 0.1) is 0 Å². The molecular weight excluding hydrogens is 382 g/mol. The third-order valence-corrected chi connectivity index (χ3v) is 4.38. The van der Waals surface area contributed by atoms with Gasteiger partial charge in [0.2, 0.25) is 0 Å².